The molecule has 0 spiro atoms. The van der Waals surface area contributed by atoms with Crippen molar-refractivity contribution >= 4 is 23.5 Å². The van der Waals surface area contributed by atoms with E-state index in [0.717, 1.165) is 11.1 Å². The van der Waals surface area contributed by atoms with E-state index in [1.54, 1.807) is 44.4 Å². The van der Waals surface area contributed by atoms with Gasteiger partial charge in [-0.25, -0.2) is 9.48 Å². The fourth-order valence-electron chi connectivity index (χ4n) is 2.84. The zero-order valence-electron chi connectivity index (χ0n) is 16.7. The molecule has 1 amide bonds. The van der Waals surface area contributed by atoms with Gasteiger partial charge in [-0.3, -0.25) is 4.79 Å². The van der Waals surface area contributed by atoms with E-state index in [4.69, 9.17) is 21.1 Å². The number of esters is 1. The first-order valence-electron chi connectivity index (χ1n) is 9.40. The van der Waals surface area contributed by atoms with Crippen LogP contribution in [0.15, 0.2) is 54.6 Å². The Labute approximate surface area is 179 Å². The summed E-state index contributed by atoms with van der Waals surface area (Å²) < 4.78 is 11.6. The molecule has 0 saturated heterocycles. The number of hydrogen-bond donors (Lipinski definition) is 1. The number of ether oxygens (including phenoxy) is 2. The minimum Gasteiger partial charge on any atom is -0.497 e. The number of benzene rings is 2. The van der Waals surface area contributed by atoms with Crippen molar-refractivity contribution in [3.63, 3.8) is 0 Å². The molecule has 0 saturated carbocycles. The van der Waals surface area contributed by atoms with Gasteiger partial charge in [0.05, 0.1) is 19.4 Å². The Morgan fingerprint density at radius 2 is 1.90 bits per heavy atom. The highest BCUT2D eigenvalue weighted by molar-refractivity contribution is 6.30. The van der Waals surface area contributed by atoms with Gasteiger partial charge in [0.25, 0.3) is 0 Å². The van der Waals surface area contributed by atoms with Crippen molar-refractivity contribution in [3.8, 4) is 17.0 Å². The van der Waals surface area contributed by atoms with Gasteiger partial charge in [-0.15, -0.1) is 0 Å². The molecule has 1 aromatic heterocycles. The molecule has 0 fully saturated rings. The van der Waals surface area contributed by atoms with E-state index in [0.29, 0.717) is 23.0 Å². The first kappa shape index (κ1) is 21.4. The number of carbonyl (C=O) groups excluding carboxylic acids is 2. The lowest BCUT2D eigenvalue weighted by Crippen LogP contribution is -2.29. The standard InChI is InChI=1S/C22H22ClN3O4/c1-3-30-22(28)20-12-19(16-7-9-17(23)10-8-16)25-26(20)14-21(27)24-13-15-5-4-6-18(11-15)29-2/h4-12H,3,13-14H2,1-2H3,(H,24,27). The smallest absolute Gasteiger partial charge is 0.356 e. The molecule has 3 rings (SSSR count). The molecule has 30 heavy (non-hydrogen) atoms. The summed E-state index contributed by atoms with van der Waals surface area (Å²) in [5.41, 5.74) is 2.43. The highest BCUT2D eigenvalue weighted by Crippen LogP contribution is 2.22. The van der Waals surface area contributed by atoms with E-state index in [1.807, 2.05) is 24.3 Å². The summed E-state index contributed by atoms with van der Waals surface area (Å²) in [6.45, 7) is 2.16. The maximum Gasteiger partial charge on any atom is 0.356 e. The second-order valence-corrected chi connectivity index (χ2v) is 6.86. The summed E-state index contributed by atoms with van der Waals surface area (Å²) in [5.74, 6) is -0.106. The Hall–Kier alpha value is -3.32. The molecule has 0 radical (unpaired) electrons. The summed E-state index contributed by atoms with van der Waals surface area (Å²) in [4.78, 5) is 24.8. The van der Waals surface area contributed by atoms with Gasteiger partial charge in [0, 0.05) is 17.1 Å². The molecule has 8 heteroatoms. The van der Waals surface area contributed by atoms with Crippen LogP contribution in [0.1, 0.15) is 23.0 Å². The summed E-state index contributed by atoms with van der Waals surface area (Å²) in [6, 6.07) is 16.1. The topological polar surface area (TPSA) is 82.5 Å². The molecule has 7 nitrogen and oxygen atoms in total. The van der Waals surface area contributed by atoms with E-state index < -0.39 is 5.97 Å². The molecule has 0 bridgehead atoms. The van der Waals surface area contributed by atoms with E-state index in [-0.39, 0.29) is 24.8 Å². The summed E-state index contributed by atoms with van der Waals surface area (Å²) >= 11 is 5.94. The fourth-order valence-corrected chi connectivity index (χ4v) is 2.97. The number of halogens is 1. The number of rotatable bonds is 8. The Morgan fingerprint density at radius 1 is 1.13 bits per heavy atom. The maximum absolute atomic E-state index is 12.5. The first-order valence-corrected chi connectivity index (χ1v) is 9.78. The van der Waals surface area contributed by atoms with Crippen LogP contribution in [0.25, 0.3) is 11.3 Å². The molecule has 0 aliphatic heterocycles. The van der Waals surface area contributed by atoms with Crippen LogP contribution in [0.2, 0.25) is 5.02 Å². The average molecular weight is 428 g/mol. The van der Waals surface area contributed by atoms with Crippen LogP contribution >= 0.6 is 11.6 Å². The van der Waals surface area contributed by atoms with Gasteiger partial charge in [0.1, 0.15) is 18.0 Å². The molecular weight excluding hydrogens is 406 g/mol. The average Bonchev–Trinajstić information content (AvgIpc) is 3.17. The molecule has 0 unspecified atom stereocenters. The van der Waals surface area contributed by atoms with Gasteiger partial charge in [-0.05, 0) is 42.8 Å². The number of carbonyl (C=O) groups is 2. The molecule has 3 aromatic rings. The Balaban J connectivity index is 1.76. The minimum atomic E-state index is -0.536. The van der Waals surface area contributed by atoms with E-state index in [2.05, 4.69) is 10.4 Å². The van der Waals surface area contributed by atoms with Crippen LogP contribution in [0.3, 0.4) is 0 Å². The third-order valence-electron chi connectivity index (χ3n) is 4.32. The molecule has 0 aliphatic carbocycles. The van der Waals surface area contributed by atoms with E-state index >= 15 is 0 Å². The summed E-state index contributed by atoms with van der Waals surface area (Å²) in [5, 5.41) is 7.85. The molecule has 0 aliphatic rings. The zero-order chi connectivity index (χ0) is 21.5. The molecule has 156 valence electrons. The number of nitrogens with one attached hydrogen (secondary N) is 1. The molecule has 1 N–H and O–H groups in total. The largest absolute Gasteiger partial charge is 0.497 e. The third-order valence-corrected chi connectivity index (χ3v) is 4.57. The van der Waals surface area contributed by atoms with Gasteiger partial charge in [0.2, 0.25) is 5.91 Å². The number of hydrogen-bond acceptors (Lipinski definition) is 5. The minimum absolute atomic E-state index is 0.119. The normalized spacial score (nSPS) is 10.5. The maximum atomic E-state index is 12.5. The number of methoxy groups -OCH3 is 1. The van der Waals surface area contributed by atoms with Crippen molar-refractivity contribution < 1.29 is 19.1 Å². The van der Waals surface area contributed by atoms with Gasteiger partial charge >= 0.3 is 5.97 Å². The lowest BCUT2D eigenvalue weighted by atomic mass is 10.1. The molecule has 0 atom stereocenters. The van der Waals surface area contributed by atoms with Crippen molar-refractivity contribution in [2.75, 3.05) is 13.7 Å². The zero-order valence-corrected chi connectivity index (χ0v) is 17.5. The number of nitrogens with zero attached hydrogens (tertiary/aromatic N) is 2. The number of amides is 1. The van der Waals surface area contributed by atoms with E-state index in [9.17, 15) is 9.59 Å². The Bertz CT molecular complexity index is 1030. The second kappa shape index (κ2) is 9.93. The quantitative estimate of drug-likeness (QED) is 0.554. The van der Waals surface area contributed by atoms with Crippen molar-refractivity contribution in [1.29, 1.82) is 0 Å². The van der Waals surface area contributed by atoms with Crippen LogP contribution in [0.4, 0.5) is 0 Å². The third kappa shape index (κ3) is 5.39. The Kier molecular flexibility index (Phi) is 7.08. The summed E-state index contributed by atoms with van der Waals surface area (Å²) in [6.07, 6.45) is 0. The predicted octanol–water partition coefficient (Wildman–Crippen LogP) is 3.71. The lowest BCUT2D eigenvalue weighted by Gasteiger charge is -2.09. The van der Waals surface area contributed by atoms with Gasteiger partial charge in [-0.1, -0.05) is 35.9 Å². The highest BCUT2D eigenvalue weighted by atomic mass is 35.5. The van der Waals surface area contributed by atoms with Crippen molar-refractivity contribution in [2.45, 2.75) is 20.0 Å². The highest BCUT2D eigenvalue weighted by Gasteiger charge is 2.19. The van der Waals surface area contributed by atoms with Crippen molar-refractivity contribution in [1.82, 2.24) is 15.1 Å². The van der Waals surface area contributed by atoms with Crippen molar-refractivity contribution in [2.24, 2.45) is 0 Å². The van der Waals surface area contributed by atoms with Crippen LogP contribution in [-0.2, 0) is 22.6 Å². The SMILES string of the molecule is CCOC(=O)c1cc(-c2ccc(Cl)cc2)nn1CC(=O)NCc1cccc(OC)c1. The fraction of sp³-hybridized carbons (Fsp3) is 0.227. The predicted molar refractivity (Wildman–Crippen MR) is 113 cm³/mol. The monoisotopic (exact) mass is 427 g/mol. The first-order chi connectivity index (χ1) is 14.5. The second-order valence-electron chi connectivity index (χ2n) is 6.43. The number of aromatic nitrogens is 2. The van der Waals surface area contributed by atoms with Crippen LogP contribution in [0.5, 0.6) is 5.75 Å². The lowest BCUT2D eigenvalue weighted by molar-refractivity contribution is -0.122. The molecule has 1 heterocycles. The van der Waals surface area contributed by atoms with Gasteiger partial charge in [-0.2, -0.15) is 5.10 Å². The van der Waals surface area contributed by atoms with Gasteiger partial charge < -0.3 is 14.8 Å². The summed E-state index contributed by atoms with van der Waals surface area (Å²) in [7, 11) is 1.59. The molecule has 2 aromatic carbocycles. The van der Waals surface area contributed by atoms with Crippen LogP contribution in [-0.4, -0.2) is 35.4 Å². The molecular formula is C22H22ClN3O4. The van der Waals surface area contributed by atoms with Crippen molar-refractivity contribution in [3.05, 3.63) is 70.9 Å². The van der Waals surface area contributed by atoms with Crippen LogP contribution in [0, 0.1) is 0 Å². The van der Waals surface area contributed by atoms with E-state index in [1.165, 1.54) is 4.68 Å². The van der Waals surface area contributed by atoms with Crippen LogP contribution < -0.4 is 10.1 Å². The Morgan fingerprint density at radius 3 is 2.60 bits per heavy atom. The van der Waals surface area contributed by atoms with Gasteiger partial charge in [0.15, 0.2) is 0 Å².